The molecule has 1 unspecified atom stereocenters. The highest BCUT2D eigenvalue weighted by molar-refractivity contribution is 8.09. The van der Waals surface area contributed by atoms with Crippen molar-refractivity contribution < 1.29 is 39.1 Å². The summed E-state index contributed by atoms with van der Waals surface area (Å²) in [5, 5.41) is 0. The Labute approximate surface area is 82.9 Å². The third-order valence-corrected chi connectivity index (χ3v) is 5.28. The molecule has 0 aromatic heterocycles. The zero-order chi connectivity index (χ0) is 12.5. The molecule has 0 aliphatic heterocycles. The van der Waals surface area contributed by atoms with Crippen molar-refractivity contribution in [2.24, 2.45) is 0 Å². The van der Waals surface area contributed by atoms with Crippen LogP contribution in [0, 0.1) is 0 Å². The van der Waals surface area contributed by atoms with Crippen molar-refractivity contribution in [2.45, 2.75) is 10.3 Å². The number of alkyl halides is 4. The summed E-state index contributed by atoms with van der Waals surface area (Å²) in [6.45, 7) is 0. The minimum absolute atomic E-state index is 0.418. The fourth-order valence-corrected chi connectivity index (χ4v) is 3.52. The van der Waals surface area contributed by atoms with E-state index in [4.69, 9.17) is 0 Å². The minimum atomic E-state index is -6.11. The van der Waals surface area contributed by atoms with Gasteiger partial charge < -0.3 is 4.74 Å². The van der Waals surface area contributed by atoms with Crippen LogP contribution in [0.25, 0.3) is 0 Å². The van der Waals surface area contributed by atoms with Gasteiger partial charge in [-0.3, -0.25) is 0 Å². The van der Waals surface area contributed by atoms with Gasteiger partial charge in [0.25, 0.3) is 14.6 Å². The van der Waals surface area contributed by atoms with Gasteiger partial charge in [-0.25, -0.2) is 21.2 Å². The number of sulfone groups is 2. The molecule has 0 saturated heterocycles. The molecule has 0 radical (unpaired) electrons. The maximum Gasteiger partial charge on any atom is 0.501 e. The van der Waals surface area contributed by atoms with E-state index in [0.29, 0.717) is 7.11 Å². The first-order valence-corrected chi connectivity index (χ1v) is 6.37. The number of hydrogen-bond acceptors (Lipinski definition) is 5. The molecule has 92 valence electrons. The topological polar surface area (TPSA) is 77.5 Å². The van der Waals surface area contributed by atoms with Crippen LogP contribution >= 0.6 is 0 Å². The Bertz CT molecular complexity index is 407. The van der Waals surface area contributed by atoms with Gasteiger partial charge in [-0.05, 0) is 0 Å². The molecule has 11 heteroatoms. The first kappa shape index (κ1) is 14.6. The Balaban J connectivity index is 5.57. The Kier molecular flexibility index (Phi) is 4.10. The Morgan fingerprint density at radius 3 is 1.80 bits per heavy atom. The second-order valence-electron chi connectivity index (χ2n) is 2.29. The summed E-state index contributed by atoms with van der Waals surface area (Å²) >= 11 is 0. The van der Waals surface area contributed by atoms with Gasteiger partial charge in [0, 0.05) is 7.11 Å². The molecule has 0 aliphatic carbocycles. The summed E-state index contributed by atoms with van der Waals surface area (Å²) < 4.78 is 90.3. The van der Waals surface area contributed by atoms with Crippen LogP contribution in [0.2, 0.25) is 0 Å². The second kappa shape index (κ2) is 4.22. The minimum Gasteiger partial charge on any atom is -0.352 e. The van der Waals surface area contributed by atoms with E-state index in [-0.39, 0.29) is 0 Å². The molecule has 0 rings (SSSR count). The van der Waals surface area contributed by atoms with E-state index in [1.54, 1.807) is 0 Å². The monoisotopic (exact) mass is 274 g/mol. The van der Waals surface area contributed by atoms with E-state index in [2.05, 4.69) is 4.74 Å². The maximum atomic E-state index is 11.9. The van der Waals surface area contributed by atoms with Crippen molar-refractivity contribution in [1.29, 1.82) is 0 Å². The Morgan fingerprint density at radius 1 is 1.20 bits per heavy atom. The molecule has 0 saturated carbocycles. The van der Waals surface area contributed by atoms with Gasteiger partial charge in [0.2, 0.25) is 9.84 Å². The molecule has 0 aliphatic rings. The van der Waals surface area contributed by atoms with E-state index in [9.17, 15) is 34.4 Å². The lowest BCUT2D eigenvalue weighted by Gasteiger charge is -2.16. The number of ether oxygens (including phenoxy) is 1. The van der Waals surface area contributed by atoms with E-state index in [1.165, 1.54) is 0 Å². The summed E-state index contributed by atoms with van der Waals surface area (Å²) in [4.78, 5) is 0. The molecule has 5 nitrogen and oxygen atoms in total. The van der Waals surface area contributed by atoms with Crippen molar-refractivity contribution in [3.05, 3.63) is 0 Å². The molecule has 0 N–H and O–H groups in total. The lowest BCUT2D eigenvalue weighted by Crippen LogP contribution is -2.41. The van der Waals surface area contributed by atoms with Crippen LogP contribution in [0.4, 0.5) is 17.6 Å². The van der Waals surface area contributed by atoms with Crippen LogP contribution in [0.15, 0.2) is 0 Å². The van der Waals surface area contributed by atoms with Crippen LogP contribution in [0.5, 0.6) is 0 Å². The normalized spacial score (nSPS) is 16.3. The first-order valence-electron chi connectivity index (χ1n) is 3.11. The SMILES string of the molecule is COC(S(=O)(=O)CF)S(=O)(=O)C(F)(F)F. The molecule has 0 amide bonds. The summed E-state index contributed by atoms with van der Waals surface area (Å²) in [7, 11) is -10.8. The summed E-state index contributed by atoms with van der Waals surface area (Å²) in [6.07, 6.45) is 0. The molecule has 15 heavy (non-hydrogen) atoms. The number of rotatable bonds is 4. The lowest BCUT2D eigenvalue weighted by molar-refractivity contribution is -0.0467. The van der Waals surface area contributed by atoms with Gasteiger partial charge >= 0.3 is 5.51 Å². The summed E-state index contributed by atoms with van der Waals surface area (Å²) in [5.41, 5.74) is -5.82. The second-order valence-corrected chi connectivity index (χ2v) is 6.54. The van der Waals surface area contributed by atoms with Gasteiger partial charge in [0.1, 0.15) is 0 Å². The highest BCUT2D eigenvalue weighted by Gasteiger charge is 2.56. The number of hydrogen-bond donors (Lipinski definition) is 0. The molecule has 0 fully saturated rings. The van der Waals surface area contributed by atoms with Crippen LogP contribution in [0.3, 0.4) is 0 Å². The van der Waals surface area contributed by atoms with E-state index in [1.807, 2.05) is 0 Å². The smallest absolute Gasteiger partial charge is 0.352 e. The fraction of sp³-hybridized carbons (Fsp3) is 1.00. The van der Waals surface area contributed by atoms with E-state index in [0.717, 1.165) is 0 Å². The maximum absolute atomic E-state index is 11.9. The standard InChI is InChI=1S/C4H6F4O5S2/c1-13-3(14(9,10)2-5)15(11,12)4(6,7)8/h3H,2H2,1H3. The van der Waals surface area contributed by atoms with Crippen molar-refractivity contribution >= 4 is 19.7 Å². The predicted molar refractivity (Wildman–Crippen MR) is 40.7 cm³/mol. The third kappa shape index (κ3) is 2.78. The van der Waals surface area contributed by atoms with Crippen LogP contribution in [-0.4, -0.2) is 40.2 Å². The molecule has 0 aromatic rings. The highest BCUT2D eigenvalue weighted by atomic mass is 32.3. The first-order chi connectivity index (χ1) is 6.50. The predicted octanol–water partition coefficient (Wildman–Crippen LogP) is 0.193. The van der Waals surface area contributed by atoms with E-state index >= 15 is 0 Å². The van der Waals surface area contributed by atoms with Crippen LogP contribution < -0.4 is 0 Å². The number of halogens is 4. The molecule has 0 aromatic carbocycles. The quantitative estimate of drug-likeness (QED) is 0.684. The van der Waals surface area contributed by atoms with Crippen molar-refractivity contribution in [3.8, 4) is 0 Å². The van der Waals surface area contributed by atoms with Crippen LogP contribution in [0.1, 0.15) is 0 Å². The summed E-state index contributed by atoms with van der Waals surface area (Å²) in [6, 6.07) is -2.26. The fourth-order valence-electron chi connectivity index (χ4n) is 0.627. The molecule has 0 spiro atoms. The third-order valence-electron chi connectivity index (χ3n) is 1.21. The lowest BCUT2D eigenvalue weighted by atomic mass is 11.5. The van der Waals surface area contributed by atoms with Gasteiger partial charge in [-0.2, -0.15) is 13.2 Å². The summed E-state index contributed by atoms with van der Waals surface area (Å²) in [5.74, 6) is 0. The largest absolute Gasteiger partial charge is 0.501 e. The molecular formula is C4H6F4O5S2. The average Bonchev–Trinajstić information content (AvgIpc) is 2.02. The van der Waals surface area contributed by atoms with Gasteiger partial charge in [-0.15, -0.1) is 0 Å². The van der Waals surface area contributed by atoms with Crippen LogP contribution in [-0.2, 0) is 24.4 Å². The van der Waals surface area contributed by atoms with Crippen molar-refractivity contribution in [1.82, 2.24) is 0 Å². The average molecular weight is 274 g/mol. The molecular weight excluding hydrogens is 268 g/mol. The molecule has 0 heterocycles. The van der Waals surface area contributed by atoms with Gasteiger partial charge in [-0.1, -0.05) is 0 Å². The Morgan fingerprint density at radius 2 is 1.60 bits per heavy atom. The van der Waals surface area contributed by atoms with E-state index < -0.39 is 36.0 Å². The zero-order valence-electron chi connectivity index (χ0n) is 7.15. The molecule has 0 bridgehead atoms. The number of methoxy groups -OCH3 is 1. The van der Waals surface area contributed by atoms with Gasteiger partial charge in [0.15, 0.2) is 6.01 Å². The highest BCUT2D eigenvalue weighted by Crippen LogP contribution is 2.30. The Hall–Kier alpha value is -0.420. The van der Waals surface area contributed by atoms with Gasteiger partial charge in [0.05, 0.1) is 0 Å². The molecule has 1 atom stereocenters. The van der Waals surface area contributed by atoms with Crippen molar-refractivity contribution in [3.63, 3.8) is 0 Å². The zero-order valence-corrected chi connectivity index (χ0v) is 8.79. The van der Waals surface area contributed by atoms with Crippen molar-refractivity contribution in [2.75, 3.05) is 13.1 Å².